The van der Waals surface area contributed by atoms with Gasteiger partial charge in [-0.25, -0.2) is 0 Å². The minimum absolute atomic E-state index is 0.0939. The van der Waals surface area contributed by atoms with E-state index in [0.717, 1.165) is 0 Å². The van der Waals surface area contributed by atoms with E-state index in [1.165, 1.54) is 18.2 Å². The molecule has 0 aliphatic rings. The van der Waals surface area contributed by atoms with Crippen LogP contribution >= 0.6 is 0 Å². The third kappa shape index (κ3) is 4.02. The van der Waals surface area contributed by atoms with Crippen LogP contribution in [-0.2, 0) is 0 Å². The third-order valence-corrected chi connectivity index (χ3v) is 2.42. The first-order chi connectivity index (χ1) is 9.12. The van der Waals surface area contributed by atoms with Gasteiger partial charge in [-0.15, -0.1) is 0 Å². The van der Waals surface area contributed by atoms with Gasteiger partial charge in [-0.3, -0.25) is 14.4 Å². The molecule has 0 aliphatic heterocycles. The number of nitrogens with one attached hydrogen (secondary N) is 1. The van der Waals surface area contributed by atoms with Crippen LogP contribution in [0.5, 0.6) is 0 Å². The largest absolute Gasteiger partial charge is 0.302 e. The molecule has 0 heterocycles. The van der Waals surface area contributed by atoms with E-state index in [0.29, 0.717) is 18.1 Å². The van der Waals surface area contributed by atoms with Crippen LogP contribution in [0.4, 0.5) is 0 Å². The second kappa shape index (κ2) is 7.05. The average Bonchev–Trinajstić information content (AvgIpc) is 2.44. The Morgan fingerprint density at radius 2 is 2.21 bits per heavy atom. The van der Waals surface area contributed by atoms with Crippen LogP contribution in [0.3, 0.4) is 0 Å². The molecule has 0 radical (unpaired) electrons. The zero-order chi connectivity index (χ0) is 14.3. The molecule has 1 aromatic carbocycles. The number of nitrogens with zero attached hydrogens (tertiary/aromatic N) is 3. The lowest BCUT2D eigenvalue weighted by Crippen LogP contribution is -2.30. The molecule has 0 fully saturated rings. The molecule has 1 unspecified atom stereocenters. The summed E-state index contributed by atoms with van der Waals surface area (Å²) in [6.07, 6.45) is 0.614. The summed E-state index contributed by atoms with van der Waals surface area (Å²) >= 11 is 0. The van der Waals surface area contributed by atoms with Gasteiger partial charge in [0.05, 0.1) is 12.7 Å². The van der Waals surface area contributed by atoms with Gasteiger partial charge in [0.15, 0.2) is 12.1 Å². The molecule has 0 aromatic heterocycles. The van der Waals surface area contributed by atoms with E-state index in [4.69, 9.17) is 5.53 Å². The molecule has 19 heavy (non-hydrogen) atoms. The quantitative estimate of drug-likeness (QED) is 0.264. The van der Waals surface area contributed by atoms with Crippen LogP contribution in [0.15, 0.2) is 23.3 Å². The fraction of sp³-hybridized carbons (Fsp3) is 0.250. The highest BCUT2D eigenvalue weighted by Crippen LogP contribution is 2.10. The summed E-state index contributed by atoms with van der Waals surface area (Å²) in [7, 11) is 0. The SMILES string of the molecule is CC(N=[N+]=[N-])NCC(=O)c1cc(C=O)ccc1C=O. The van der Waals surface area contributed by atoms with Crippen molar-refractivity contribution in [3.05, 3.63) is 45.3 Å². The Labute approximate surface area is 109 Å². The van der Waals surface area contributed by atoms with Crippen molar-refractivity contribution in [2.75, 3.05) is 6.54 Å². The van der Waals surface area contributed by atoms with E-state index < -0.39 is 6.17 Å². The molecule has 0 amide bonds. The smallest absolute Gasteiger partial charge is 0.177 e. The molecule has 1 rings (SSSR count). The standard InChI is InChI=1S/C12H12N4O3/c1-8(15-16-13)14-5-12(19)11-4-9(6-17)2-3-10(11)7-18/h2-4,6-8,14H,5H2,1H3. The normalized spacial score (nSPS) is 11.2. The Morgan fingerprint density at radius 1 is 1.47 bits per heavy atom. The first-order valence-corrected chi connectivity index (χ1v) is 5.47. The maximum Gasteiger partial charge on any atom is 0.177 e. The van der Waals surface area contributed by atoms with Gasteiger partial charge in [0, 0.05) is 21.6 Å². The highest BCUT2D eigenvalue weighted by Gasteiger charge is 2.12. The second-order valence-corrected chi connectivity index (χ2v) is 3.77. The van der Waals surface area contributed by atoms with Gasteiger partial charge in [-0.2, -0.15) is 0 Å². The number of hydrogen-bond acceptors (Lipinski definition) is 5. The summed E-state index contributed by atoms with van der Waals surface area (Å²) in [4.78, 5) is 36.0. The zero-order valence-corrected chi connectivity index (χ0v) is 10.2. The molecular formula is C12H12N4O3. The van der Waals surface area contributed by atoms with Crippen LogP contribution in [-0.4, -0.2) is 31.1 Å². The molecule has 1 aromatic rings. The lowest BCUT2D eigenvalue weighted by atomic mass is 10.0. The van der Waals surface area contributed by atoms with Crippen molar-refractivity contribution in [2.24, 2.45) is 5.11 Å². The minimum Gasteiger partial charge on any atom is -0.302 e. The summed E-state index contributed by atoms with van der Waals surface area (Å²) in [5.74, 6) is -0.356. The number of aldehydes is 2. The first kappa shape index (κ1) is 14.6. The van der Waals surface area contributed by atoms with Crippen molar-refractivity contribution < 1.29 is 14.4 Å². The van der Waals surface area contributed by atoms with E-state index in [1.807, 2.05) is 0 Å². The van der Waals surface area contributed by atoms with Crippen molar-refractivity contribution in [3.8, 4) is 0 Å². The second-order valence-electron chi connectivity index (χ2n) is 3.77. The van der Waals surface area contributed by atoms with Crippen LogP contribution < -0.4 is 5.32 Å². The lowest BCUT2D eigenvalue weighted by Gasteiger charge is -2.08. The number of carbonyl (C=O) groups is 3. The number of ketones is 1. The Kier molecular flexibility index (Phi) is 5.40. The van der Waals surface area contributed by atoms with Crippen molar-refractivity contribution in [1.82, 2.24) is 5.32 Å². The molecule has 0 aliphatic carbocycles. The summed E-state index contributed by atoms with van der Waals surface area (Å²) in [5.41, 5.74) is 8.92. The summed E-state index contributed by atoms with van der Waals surface area (Å²) in [6, 6.07) is 4.24. The fourth-order valence-corrected chi connectivity index (χ4v) is 1.45. The predicted octanol–water partition coefficient (Wildman–Crippen LogP) is 1.74. The van der Waals surface area contributed by atoms with E-state index in [2.05, 4.69) is 15.3 Å². The number of hydrogen-bond donors (Lipinski definition) is 1. The Morgan fingerprint density at radius 3 is 2.79 bits per heavy atom. The maximum atomic E-state index is 11.9. The molecule has 1 N–H and O–H groups in total. The topological polar surface area (TPSA) is 112 Å². The molecule has 0 saturated carbocycles. The predicted molar refractivity (Wildman–Crippen MR) is 68.2 cm³/mol. The number of benzene rings is 1. The number of Topliss-reactive ketones (excluding diaryl/α,β-unsaturated/α-hetero) is 1. The molecule has 0 bridgehead atoms. The van der Waals surface area contributed by atoms with Gasteiger partial charge in [0.1, 0.15) is 6.29 Å². The van der Waals surface area contributed by atoms with E-state index in [1.54, 1.807) is 6.92 Å². The molecule has 7 nitrogen and oxygen atoms in total. The molecule has 98 valence electrons. The first-order valence-electron chi connectivity index (χ1n) is 5.47. The molecule has 7 heteroatoms. The Balaban J connectivity index is 2.88. The van der Waals surface area contributed by atoms with Crippen LogP contribution in [0, 0.1) is 0 Å². The van der Waals surface area contributed by atoms with Crippen molar-refractivity contribution >= 4 is 18.4 Å². The van der Waals surface area contributed by atoms with Gasteiger partial charge in [0.2, 0.25) is 0 Å². The fourth-order valence-electron chi connectivity index (χ4n) is 1.45. The zero-order valence-electron chi connectivity index (χ0n) is 10.2. The van der Waals surface area contributed by atoms with Gasteiger partial charge < -0.3 is 5.32 Å². The number of rotatable bonds is 7. The Bertz CT molecular complexity index is 550. The molecule has 1 atom stereocenters. The maximum absolute atomic E-state index is 11.9. The average molecular weight is 260 g/mol. The minimum atomic E-state index is -0.539. The Hall–Kier alpha value is -2.50. The lowest BCUT2D eigenvalue weighted by molar-refractivity contribution is 0.0981. The van der Waals surface area contributed by atoms with E-state index in [-0.39, 0.29) is 23.5 Å². The molecule has 0 spiro atoms. The third-order valence-electron chi connectivity index (χ3n) is 2.42. The molecular weight excluding hydrogens is 248 g/mol. The van der Waals surface area contributed by atoms with E-state index in [9.17, 15) is 14.4 Å². The van der Waals surface area contributed by atoms with Crippen molar-refractivity contribution in [3.63, 3.8) is 0 Å². The monoisotopic (exact) mass is 260 g/mol. The van der Waals surface area contributed by atoms with Crippen LogP contribution in [0.2, 0.25) is 0 Å². The summed E-state index contributed by atoms with van der Waals surface area (Å²) < 4.78 is 0. The van der Waals surface area contributed by atoms with Crippen molar-refractivity contribution in [2.45, 2.75) is 13.1 Å². The van der Waals surface area contributed by atoms with Gasteiger partial charge >= 0.3 is 0 Å². The van der Waals surface area contributed by atoms with Gasteiger partial charge in [0.25, 0.3) is 0 Å². The van der Waals surface area contributed by atoms with Crippen LogP contribution in [0.25, 0.3) is 10.4 Å². The number of carbonyl (C=O) groups excluding carboxylic acids is 3. The van der Waals surface area contributed by atoms with Crippen molar-refractivity contribution in [1.29, 1.82) is 0 Å². The summed E-state index contributed by atoms with van der Waals surface area (Å²) in [5, 5.41) is 6.05. The highest BCUT2D eigenvalue weighted by molar-refractivity contribution is 6.04. The van der Waals surface area contributed by atoms with Crippen LogP contribution in [0.1, 0.15) is 38.0 Å². The van der Waals surface area contributed by atoms with Gasteiger partial charge in [-0.05, 0) is 18.5 Å². The molecule has 0 saturated heterocycles. The highest BCUT2D eigenvalue weighted by atomic mass is 16.1. The summed E-state index contributed by atoms with van der Waals surface area (Å²) in [6.45, 7) is 1.50. The number of azide groups is 1. The van der Waals surface area contributed by atoms with E-state index >= 15 is 0 Å². The van der Waals surface area contributed by atoms with Gasteiger partial charge in [-0.1, -0.05) is 17.2 Å².